The molecule has 3 rings (SSSR count). The number of alkyl carbamates (subject to hydrolysis) is 1. The number of halogens is 1. The lowest BCUT2D eigenvalue weighted by Crippen LogP contribution is -2.54. The van der Waals surface area contributed by atoms with Gasteiger partial charge in [0.1, 0.15) is 17.2 Å². The van der Waals surface area contributed by atoms with Crippen LogP contribution in [0, 0.1) is 5.92 Å². The Morgan fingerprint density at radius 3 is 2.27 bits per heavy atom. The van der Waals surface area contributed by atoms with Crippen LogP contribution in [0.4, 0.5) is 9.59 Å². The van der Waals surface area contributed by atoms with Gasteiger partial charge in [0.15, 0.2) is 0 Å². The van der Waals surface area contributed by atoms with Crippen LogP contribution in [0.15, 0.2) is 18.2 Å². The van der Waals surface area contributed by atoms with E-state index < -0.39 is 41.4 Å². The van der Waals surface area contributed by atoms with Crippen LogP contribution in [0.1, 0.15) is 85.3 Å². The monoisotopic (exact) mass is 592 g/mol. The van der Waals surface area contributed by atoms with Crippen molar-refractivity contribution in [1.82, 2.24) is 20.4 Å². The number of rotatable bonds is 7. The van der Waals surface area contributed by atoms with Gasteiger partial charge in [0, 0.05) is 24.7 Å². The number of ether oxygens (including phenoxy) is 2. The maximum atomic E-state index is 13.4. The Morgan fingerprint density at radius 2 is 1.63 bits per heavy atom. The molecule has 11 heteroatoms. The van der Waals surface area contributed by atoms with Crippen molar-refractivity contribution in [2.75, 3.05) is 13.1 Å². The van der Waals surface area contributed by atoms with Crippen molar-refractivity contribution >= 4 is 35.6 Å². The third-order valence-electron chi connectivity index (χ3n) is 7.22. The van der Waals surface area contributed by atoms with Gasteiger partial charge in [0.05, 0.1) is 6.04 Å². The summed E-state index contributed by atoms with van der Waals surface area (Å²) in [6.45, 7) is 14.5. The van der Waals surface area contributed by atoms with Crippen molar-refractivity contribution in [3.63, 3.8) is 0 Å². The third-order valence-corrected chi connectivity index (χ3v) is 7.46. The second-order valence-corrected chi connectivity index (χ2v) is 13.3. The van der Waals surface area contributed by atoms with Crippen molar-refractivity contribution in [1.29, 1.82) is 0 Å². The standard InChI is InChI=1S/C30H45ClN4O6/c1-8-19-13-15-35(28(39)41-30(5,6)7)24(19)26(37)33-25(36)23-10-9-14-34(23)18-21-16-22(31)12-11-20(21)17-32-27(38)40-29(2,3)4/h11-12,16,19,23-24H,8-10,13-15,17-18H2,1-7H3,(H,32,38)(H,33,36,37)/t19?,23-,24-/m0/s1. The van der Waals surface area contributed by atoms with Gasteiger partial charge in [-0.3, -0.25) is 24.7 Å². The van der Waals surface area contributed by atoms with Gasteiger partial charge >= 0.3 is 12.2 Å². The lowest BCUT2D eigenvalue weighted by Gasteiger charge is -2.30. The molecular weight excluding hydrogens is 548 g/mol. The first kappa shape index (κ1) is 32.7. The van der Waals surface area contributed by atoms with E-state index in [1.54, 1.807) is 47.6 Å². The van der Waals surface area contributed by atoms with Crippen LogP contribution in [-0.4, -0.2) is 70.2 Å². The quantitative estimate of drug-likeness (QED) is 0.428. The first-order valence-corrected chi connectivity index (χ1v) is 14.8. The van der Waals surface area contributed by atoms with E-state index in [0.717, 1.165) is 17.5 Å². The van der Waals surface area contributed by atoms with E-state index in [9.17, 15) is 19.2 Å². The Hall–Kier alpha value is -2.85. The van der Waals surface area contributed by atoms with E-state index in [1.807, 2.05) is 24.0 Å². The van der Waals surface area contributed by atoms with Gasteiger partial charge in [0.2, 0.25) is 11.8 Å². The van der Waals surface area contributed by atoms with Crippen LogP contribution in [0.5, 0.6) is 0 Å². The largest absolute Gasteiger partial charge is 0.444 e. The van der Waals surface area contributed by atoms with Crippen molar-refractivity contribution in [2.45, 2.75) is 111 Å². The van der Waals surface area contributed by atoms with Crippen LogP contribution >= 0.6 is 11.6 Å². The van der Waals surface area contributed by atoms with Gasteiger partial charge in [-0.1, -0.05) is 31.0 Å². The molecule has 41 heavy (non-hydrogen) atoms. The fraction of sp³-hybridized carbons (Fsp3) is 0.667. The fourth-order valence-corrected chi connectivity index (χ4v) is 5.56. The minimum Gasteiger partial charge on any atom is -0.444 e. The van der Waals surface area contributed by atoms with Crippen LogP contribution in [0.3, 0.4) is 0 Å². The molecule has 3 atom stereocenters. The molecule has 2 saturated heterocycles. The molecule has 1 unspecified atom stereocenters. The Bertz CT molecular complexity index is 1130. The highest BCUT2D eigenvalue weighted by Gasteiger charge is 2.44. The van der Waals surface area contributed by atoms with Crippen molar-refractivity contribution < 1.29 is 28.7 Å². The summed E-state index contributed by atoms with van der Waals surface area (Å²) in [6, 6.07) is 4.16. The molecule has 4 amide bonds. The van der Waals surface area contributed by atoms with Gasteiger partial charge < -0.3 is 14.8 Å². The molecule has 0 radical (unpaired) electrons. The number of nitrogens with one attached hydrogen (secondary N) is 2. The predicted octanol–water partition coefficient (Wildman–Crippen LogP) is 5.01. The van der Waals surface area contributed by atoms with Crippen molar-refractivity contribution in [2.24, 2.45) is 5.92 Å². The van der Waals surface area contributed by atoms with Gasteiger partial charge in [0.25, 0.3) is 0 Å². The highest BCUT2D eigenvalue weighted by atomic mass is 35.5. The fourth-order valence-electron chi connectivity index (χ4n) is 5.37. The maximum absolute atomic E-state index is 13.4. The third kappa shape index (κ3) is 9.33. The Kier molecular flexibility index (Phi) is 10.7. The molecule has 2 N–H and O–H groups in total. The zero-order valence-electron chi connectivity index (χ0n) is 25.3. The molecule has 1 aromatic carbocycles. The van der Waals surface area contributed by atoms with Crippen LogP contribution in [0.25, 0.3) is 0 Å². The molecule has 2 aliphatic rings. The zero-order chi connectivity index (χ0) is 30.5. The Labute approximate surface area is 248 Å². The highest BCUT2D eigenvalue weighted by molar-refractivity contribution is 6.30. The number of likely N-dealkylation sites (tertiary alicyclic amines) is 2. The molecule has 0 saturated carbocycles. The van der Waals surface area contributed by atoms with E-state index in [4.69, 9.17) is 21.1 Å². The smallest absolute Gasteiger partial charge is 0.410 e. The van der Waals surface area contributed by atoms with Crippen LogP contribution in [-0.2, 0) is 32.2 Å². The summed E-state index contributed by atoms with van der Waals surface area (Å²) in [7, 11) is 0. The number of benzene rings is 1. The van der Waals surface area contributed by atoms with Crippen LogP contribution in [0.2, 0.25) is 5.02 Å². The average molecular weight is 593 g/mol. The molecule has 228 valence electrons. The van der Waals surface area contributed by atoms with E-state index >= 15 is 0 Å². The molecule has 1 aromatic rings. The molecule has 0 bridgehead atoms. The zero-order valence-corrected chi connectivity index (χ0v) is 26.1. The summed E-state index contributed by atoms with van der Waals surface area (Å²) in [5.41, 5.74) is 0.425. The molecule has 0 aliphatic carbocycles. The van der Waals surface area contributed by atoms with Gasteiger partial charge in [-0.05, 0) is 96.5 Å². The van der Waals surface area contributed by atoms with Gasteiger partial charge in [-0.2, -0.15) is 0 Å². The number of amides is 4. The summed E-state index contributed by atoms with van der Waals surface area (Å²) in [6.07, 6.45) is 1.71. The normalized spacial score (nSPS) is 21.5. The first-order valence-electron chi connectivity index (χ1n) is 14.4. The first-order chi connectivity index (χ1) is 19.1. The molecule has 2 fully saturated rings. The summed E-state index contributed by atoms with van der Waals surface area (Å²) in [5, 5.41) is 5.94. The minimum absolute atomic E-state index is 0.0542. The maximum Gasteiger partial charge on any atom is 0.410 e. The van der Waals surface area contributed by atoms with Crippen LogP contribution < -0.4 is 10.6 Å². The van der Waals surface area contributed by atoms with Crippen molar-refractivity contribution in [3.8, 4) is 0 Å². The second-order valence-electron chi connectivity index (χ2n) is 12.8. The topological polar surface area (TPSA) is 117 Å². The van der Waals surface area contributed by atoms with Crippen molar-refractivity contribution in [3.05, 3.63) is 34.3 Å². The van der Waals surface area contributed by atoms with E-state index in [2.05, 4.69) is 10.6 Å². The molecule has 10 nitrogen and oxygen atoms in total. The molecule has 2 aliphatic heterocycles. The molecular formula is C30H45ClN4O6. The summed E-state index contributed by atoms with van der Waals surface area (Å²) in [4.78, 5) is 55.3. The number of imide groups is 1. The number of carbonyl (C=O) groups excluding carboxylic acids is 4. The molecule has 0 spiro atoms. The second kappa shape index (κ2) is 13.4. The van der Waals surface area contributed by atoms with E-state index in [0.29, 0.717) is 43.9 Å². The summed E-state index contributed by atoms with van der Waals surface area (Å²) in [5.74, 6) is -0.905. The number of carbonyl (C=O) groups is 4. The predicted molar refractivity (Wildman–Crippen MR) is 156 cm³/mol. The molecule has 2 heterocycles. The lowest BCUT2D eigenvalue weighted by molar-refractivity contribution is -0.136. The summed E-state index contributed by atoms with van der Waals surface area (Å²) >= 11 is 6.30. The van der Waals surface area contributed by atoms with E-state index in [-0.39, 0.29) is 18.4 Å². The van der Waals surface area contributed by atoms with E-state index in [1.165, 1.54) is 4.90 Å². The summed E-state index contributed by atoms with van der Waals surface area (Å²) < 4.78 is 10.9. The van der Waals surface area contributed by atoms with Gasteiger partial charge in [-0.25, -0.2) is 9.59 Å². The highest BCUT2D eigenvalue weighted by Crippen LogP contribution is 2.30. The SMILES string of the molecule is CCC1CCN(C(=O)OC(C)(C)C)[C@@H]1C(=O)NC(=O)[C@@H]1CCCN1Cc1cc(Cl)ccc1CNC(=O)OC(C)(C)C. The number of hydrogen-bond acceptors (Lipinski definition) is 7. The average Bonchev–Trinajstić information content (AvgIpc) is 3.48. The minimum atomic E-state index is -0.757. The Morgan fingerprint density at radius 1 is 0.951 bits per heavy atom. The number of hydrogen-bond donors (Lipinski definition) is 2. The molecule has 0 aromatic heterocycles. The Balaban J connectivity index is 1.68. The number of nitrogens with zero attached hydrogens (tertiary/aromatic N) is 2. The van der Waals surface area contributed by atoms with Gasteiger partial charge in [-0.15, -0.1) is 0 Å². The lowest BCUT2D eigenvalue weighted by atomic mass is 9.96.